The highest BCUT2D eigenvalue weighted by atomic mass is 35.5. The molecule has 1 atom stereocenters. The molecule has 3 heteroatoms. The molecule has 0 amide bonds. The molecule has 0 aliphatic carbocycles. The summed E-state index contributed by atoms with van der Waals surface area (Å²) in [6.07, 6.45) is 0.510. The van der Waals surface area contributed by atoms with Gasteiger partial charge in [0.1, 0.15) is 0 Å². The summed E-state index contributed by atoms with van der Waals surface area (Å²) in [6.45, 7) is 0. The van der Waals surface area contributed by atoms with Crippen LogP contribution in [0.2, 0.25) is 5.02 Å². The Morgan fingerprint density at radius 1 is 1.50 bits per heavy atom. The molecule has 1 unspecified atom stereocenters. The number of rotatable bonds is 2. The molecule has 0 aliphatic rings. The van der Waals surface area contributed by atoms with E-state index in [1.807, 2.05) is 24.3 Å². The van der Waals surface area contributed by atoms with Crippen LogP contribution in [0.15, 0.2) is 24.3 Å². The Morgan fingerprint density at radius 2 is 2.17 bits per heavy atom. The van der Waals surface area contributed by atoms with E-state index in [1.54, 1.807) is 6.07 Å². The van der Waals surface area contributed by atoms with Crippen LogP contribution in [0, 0.1) is 11.3 Å². The molecule has 0 fully saturated rings. The number of nitrogens with zero attached hydrogens (tertiary/aromatic N) is 1. The lowest BCUT2D eigenvalue weighted by Crippen LogP contribution is -2.20. The van der Waals surface area contributed by atoms with E-state index in [-0.39, 0.29) is 0 Å². The van der Waals surface area contributed by atoms with E-state index < -0.39 is 6.04 Å². The van der Waals surface area contributed by atoms with Crippen LogP contribution in [-0.2, 0) is 6.42 Å². The van der Waals surface area contributed by atoms with Crippen molar-refractivity contribution in [3.63, 3.8) is 0 Å². The average Bonchev–Trinajstić information content (AvgIpc) is 2.09. The molecule has 0 aliphatic heterocycles. The molecule has 0 saturated heterocycles. The minimum atomic E-state index is -0.468. The predicted octanol–water partition coefficient (Wildman–Crippen LogP) is 1.73. The monoisotopic (exact) mass is 180 g/mol. The molecule has 0 saturated carbocycles. The van der Waals surface area contributed by atoms with Gasteiger partial charge >= 0.3 is 0 Å². The number of hydrogen-bond acceptors (Lipinski definition) is 2. The second-order valence-corrected chi connectivity index (χ2v) is 2.94. The quantitative estimate of drug-likeness (QED) is 0.754. The third kappa shape index (κ3) is 2.23. The Labute approximate surface area is 76.6 Å². The van der Waals surface area contributed by atoms with Crippen LogP contribution >= 0.6 is 11.6 Å². The van der Waals surface area contributed by atoms with Crippen LogP contribution in [0.5, 0.6) is 0 Å². The molecule has 0 bridgehead atoms. The van der Waals surface area contributed by atoms with E-state index in [4.69, 9.17) is 22.6 Å². The van der Waals surface area contributed by atoms with Gasteiger partial charge in [-0.15, -0.1) is 0 Å². The maximum atomic E-state index is 8.47. The summed E-state index contributed by atoms with van der Waals surface area (Å²) >= 11 is 5.86. The van der Waals surface area contributed by atoms with Crippen LogP contribution in [0.1, 0.15) is 5.56 Å². The van der Waals surface area contributed by atoms with Gasteiger partial charge in [0.25, 0.3) is 0 Å². The van der Waals surface area contributed by atoms with Crippen LogP contribution in [-0.4, -0.2) is 6.04 Å². The molecule has 1 aromatic rings. The Bertz CT molecular complexity index is 304. The van der Waals surface area contributed by atoms with Gasteiger partial charge in [-0.05, 0) is 11.6 Å². The van der Waals surface area contributed by atoms with Crippen molar-refractivity contribution < 1.29 is 0 Å². The van der Waals surface area contributed by atoms with Crippen molar-refractivity contribution in [3.8, 4) is 6.07 Å². The van der Waals surface area contributed by atoms with E-state index in [9.17, 15) is 0 Å². The second-order valence-electron chi connectivity index (χ2n) is 2.53. The number of benzene rings is 1. The van der Waals surface area contributed by atoms with Gasteiger partial charge < -0.3 is 5.73 Å². The number of nitrogens with two attached hydrogens (primary N) is 1. The van der Waals surface area contributed by atoms with E-state index in [0.717, 1.165) is 5.56 Å². The van der Waals surface area contributed by atoms with Crippen molar-refractivity contribution in [2.24, 2.45) is 5.73 Å². The van der Waals surface area contributed by atoms with E-state index in [2.05, 4.69) is 0 Å². The topological polar surface area (TPSA) is 49.8 Å². The molecule has 1 aromatic carbocycles. The molecule has 0 radical (unpaired) electrons. The van der Waals surface area contributed by atoms with Gasteiger partial charge in [0, 0.05) is 11.4 Å². The Hall–Kier alpha value is -1.04. The van der Waals surface area contributed by atoms with Gasteiger partial charge in [-0.25, -0.2) is 0 Å². The predicted molar refractivity (Wildman–Crippen MR) is 48.7 cm³/mol. The van der Waals surface area contributed by atoms with Crippen molar-refractivity contribution >= 4 is 11.6 Å². The Kier molecular flexibility index (Phi) is 3.09. The van der Waals surface area contributed by atoms with Gasteiger partial charge in [0.2, 0.25) is 0 Å². The van der Waals surface area contributed by atoms with Crippen molar-refractivity contribution in [2.75, 3.05) is 0 Å². The number of halogens is 1. The minimum absolute atomic E-state index is 0.468. The van der Waals surface area contributed by atoms with Crippen LogP contribution < -0.4 is 5.73 Å². The largest absolute Gasteiger partial charge is 0.316 e. The summed E-state index contributed by atoms with van der Waals surface area (Å²) in [4.78, 5) is 0. The molecule has 12 heavy (non-hydrogen) atoms. The molecule has 62 valence electrons. The van der Waals surface area contributed by atoms with Gasteiger partial charge in [0.05, 0.1) is 12.1 Å². The molecule has 1 rings (SSSR count). The summed E-state index contributed by atoms with van der Waals surface area (Å²) in [7, 11) is 0. The fraction of sp³-hybridized carbons (Fsp3) is 0.222. The summed E-state index contributed by atoms with van der Waals surface area (Å²) < 4.78 is 0. The summed E-state index contributed by atoms with van der Waals surface area (Å²) in [6, 6.07) is 8.89. The fourth-order valence-electron chi connectivity index (χ4n) is 0.947. The standard InChI is InChI=1S/C9H9ClN2/c10-9-4-2-1-3-7(9)5-8(12)6-11/h1-4,8H,5,12H2. The Morgan fingerprint density at radius 3 is 2.75 bits per heavy atom. The van der Waals surface area contributed by atoms with Crippen LogP contribution in [0.25, 0.3) is 0 Å². The average molecular weight is 181 g/mol. The molecule has 2 nitrogen and oxygen atoms in total. The molecular weight excluding hydrogens is 172 g/mol. The second kappa shape index (κ2) is 4.10. The molecule has 2 N–H and O–H groups in total. The third-order valence-electron chi connectivity index (χ3n) is 1.56. The van der Waals surface area contributed by atoms with Gasteiger partial charge in [-0.2, -0.15) is 5.26 Å². The summed E-state index contributed by atoms with van der Waals surface area (Å²) in [5.41, 5.74) is 6.38. The zero-order chi connectivity index (χ0) is 8.97. The molecule has 0 heterocycles. The van der Waals surface area contributed by atoms with E-state index in [0.29, 0.717) is 11.4 Å². The first-order valence-electron chi connectivity index (χ1n) is 3.62. The lowest BCUT2D eigenvalue weighted by molar-refractivity contribution is 0.823. The first kappa shape index (κ1) is 9.05. The number of nitriles is 1. The van der Waals surface area contributed by atoms with Gasteiger partial charge in [-0.3, -0.25) is 0 Å². The van der Waals surface area contributed by atoms with Gasteiger partial charge in [0.15, 0.2) is 0 Å². The van der Waals surface area contributed by atoms with Crippen molar-refractivity contribution in [2.45, 2.75) is 12.5 Å². The third-order valence-corrected chi connectivity index (χ3v) is 1.93. The fourth-order valence-corrected chi connectivity index (χ4v) is 1.16. The molecule has 0 aromatic heterocycles. The van der Waals surface area contributed by atoms with Crippen molar-refractivity contribution in [3.05, 3.63) is 34.9 Å². The van der Waals surface area contributed by atoms with Crippen LogP contribution in [0.3, 0.4) is 0 Å². The lowest BCUT2D eigenvalue weighted by Gasteiger charge is -2.04. The highest BCUT2D eigenvalue weighted by Gasteiger charge is 2.04. The SMILES string of the molecule is N#CC(N)Cc1ccccc1Cl. The highest BCUT2D eigenvalue weighted by molar-refractivity contribution is 6.31. The first-order valence-corrected chi connectivity index (χ1v) is 4.00. The normalized spacial score (nSPS) is 12.1. The molecular formula is C9H9ClN2. The summed E-state index contributed by atoms with van der Waals surface area (Å²) in [5.74, 6) is 0. The first-order chi connectivity index (χ1) is 5.74. The number of hydrogen-bond donors (Lipinski definition) is 1. The zero-order valence-corrected chi connectivity index (χ0v) is 7.25. The lowest BCUT2D eigenvalue weighted by atomic mass is 10.1. The smallest absolute Gasteiger partial charge is 0.0969 e. The zero-order valence-electron chi connectivity index (χ0n) is 6.50. The van der Waals surface area contributed by atoms with E-state index in [1.165, 1.54) is 0 Å². The Balaban J connectivity index is 2.77. The van der Waals surface area contributed by atoms with Crippen LogP contribution in [0.4, 0.5) is 0 Å². The maximum Gasteiger partial charge on any atom is 0.0969 e. The van der Waals surface area contributed by atoms with Crippen molar-refractivity contribution in [1.82, 2.24) is 0 Å². The van der Waals surface area contributed by atoms with Gasteiger partial charge in [-0.1, -0.05) is 29.8 Å². The summed E-state index contributed by atoms with van der Waals surface area (Å²) in [5, 5.41) is 9.14. The van der Waals surface area contributed by atoms with Crippen molar-refractivity contribution in [1.29, 1.82) is 5.26 Å². The van der Waals surface area contributed by atoms with E-state index >= 15 is 0 Å². The highest BCUT2D eigenvalue weighted by Crippen LogP contribution is 2.15. The maximum absolute atomic E-state index is 8.47. The minimum Gasteiger partial charge on any atom is -0.316 e. The molecule has 0 spiro atoms.